The summed E-state index contributed by atoms with van der Waals surface area (Å²) in [6.07, 6.45) is 4.36. The molecule has 108 valence electrons. The molecule has 3 unspecified atom stereocenters. The molecule has 5 nitrogen and oxygen atoms in total. The number of hydrogen-bond acceptors (Lipinski definition) is 4. The lowest BCUT2D eigenvalue weighted by molar-refractivity contribution is 0.443. The lowest BCUT2D eigenvalue weighted by Gasteiger charge is -2.16. The number of hydrogen-bond donors (Lipinski definition) is 1. The second kappa shape index (κ2) is 5.63. The third kappa shape index (κ3) is 3.57. The molecule has 0 saturated carbocycles. The van der Waals surface area contributed by atoms with E-state index in [4.69, 9.17) is 5.73 Å². The molecule has 0 aromatic carbocycles. The van der Waals surface area contributed by atoms with Crippen LogP contribution in [0.15, 0.2) is 12.3 Å². The van der Waals surface area contributed by atoms with Crippen molar-refractivity contribution in [3.63, 3.8) is 0 Å². The first kappa shape index (κ1) is 14.5. The summed E-state index contributed by atoms with van der Waals surface area (Å²) in [5, 5.41) is 4.52. The van der Waals surface area contributed by atoms with Crippen molar-refractivity contribution in [2.45, 2.75) is 45.2 Å². The van der Waals surface area contributed by atoms with Crippen molar-refractivity contribution in [3.05, 3.63) is 18.0 Å². The Balaban J connectivity index is 1.96. The van der Waals surface area contributed by atoms with Crippen LogP contribution >= 0.6 is 0 Å². The lowest BCUT2D eigenvalue weighted by atomic mass is 9.96. The van der Waals surface area contributed by atoms with Crippen molar-refractivity contribution in [1.82, 2.24) is 9.78 Å². The minimum absolute atomic E-state index is 0.0822. The van der Waals surface area contributed by atoms with E-state index in [2.05, 4.69) is 18.9 Å². The van der Waals surface area contributed by atoms with Crippen molar-refractivity contribution in [2.24, 2.45) is 11.7 Å². The van der Waals surface area contributed by atoms with E-state index in [0.29, 0.717) is 18.9 Å². The van der Waals surface area contributed by atoms with Gasteiger partial charge in [-0.1, -0.05) is 6.92 Å². The van der Waals surface area contributed by atoms with Gasteiger partial charge in [-0.25, -0.2) is 8.42 Å². The Morgan fingerprint density at radius 2 is 2.32 bits per heavy atom. The van der Waals surface area contributed by atoms with Crippen LogP contribution in [0.1, 0.15) is 38.4 Å². The molecule has 2 heterocycles. The molecule has 6 heteroatoms. The Morgan fingerprint density at radius 1 is 1.58 bits per heavy atom. The molecule has 0 bridgehead atoms. The van der Waals surface area contributed by atoms with E-state index in [1.165, 1.54) is 0 Å². The van der Waals surface area contributed by atoms with Gasteiger partial charge in [-0.2, -0.15) is 5.10 Å². The Labute approximate surface area is 115 Å². The van der Waals surface area contributed by atoms with Crippen LogP contribution < -0.4 is 5.73 Å². The zero-order valence-electron chi connectivity index (χ0n) is 11.6. The van der Waals surface area contributed by atoms with E-state index in [-0.39, 0.29) is 23.5 Å². The molecule has 1 aliphatic heterocycles. The van der Waals surface area contributed by atoms with Crippen LogP contribution in [0.3, 0.4) is 0 Å². The van der Waals surface area contributed by atoms with Crippen LogP contribution in [0.2, 0.25) is 0 Å². The monoisotopic (exact) mass is 285 g/mol. The second-order valence-corrected chi connectivity index (χ2v) is 7.80. The predicted molar refractivity (Wildman–Crippen MR) is 75.7 cm³/mol. The van der Waals surface area contributed by atoms with E-state index < -0.39 is 9.84 Å². The molecule has 1 aromatic heterocycles. The summed E-state index contributed by atoms with van der Waals surface area (Å²) in [6.45, 7) is 4.25. The summed E-state index contributed by atoms with van der Waals surface area (Å²) in [6, 6.07) is 2.25. The molecular formula is C13H23N3O2S. The predicted octanol–water partition coefficient (Wildman–Crippen LogP) is 1.16. The van der Waals surface area contributed by atoms with Gasteiger partial charge >= 0.3 is 0 Å². The number of rotatable bonds is 5. The largest absolute Gasteiger partial charge is 0.327 e. The Kier molecular flexibility index (Phi) is 4.30. The van der Waals surface area contributed by atoms with Crippen LogP contribution in [0, 0.1) is 5.92 Å². The Hall–Kier alpha value is -0.880. The lowest BCUT2D eigenvalue weighted by Crippen LogP contribution is -2.33. The zero-order valence-corrected chi connectivity index (χ0v) is 12.4. The van der Waals surface area contributed by atoms with Crippen LogP contribution in [0.25, 0.3) is 0 Å². The molecule has 0 amide bonds. The zero-order chi connectivity index (χ0) is 14.0. The van der Waals surface area contributed by atoms with Crippen LogP contribution in [-0.2, 0) is 16.3 Å². The van der Waals surface area contributed by atoms with Gasteiger partial charge in [0, 0.05) is 24.7 Å². The standard InChI is InChI=1S/C13H23N3O2S/c1-3-10(2)16-6-4-12(15-16)8-13(14)11-5-7-19(17,18)9-11/h4,6,10-11,13H,3,5,7-9,14H2,1-2H3. The van der Waals surface area contributed by atoms with Gasteiger partial charge in [0.1, 0.15) is 0 Å². The summed E-state index contributed by atoms with van der Waals surface area (Å²) >= 11 is 0. The van der Waals surface area contributed by atoms with Crippen LogP contribution in [0.4, 0.5) is 0 Å². The number of nitrogens with zero attached hydrogens (tertiary/aromatic N) is 2. The molecule has 0 spiro atoms. The molecule has 1 aromatic rings. The third-order valence-electron chi connectivity index (χ3n) is 4.02. The first-order chi connectivity index (χ1) is 8.91. The number of aromatic nitrogens is 2. The van der Waals surface area contributed by atoms with Gasteiger partial charge in [0.15, 0.2) is 9.84 Å². The number of sulfone groups is 1. The van der Waals surface area contributed by atoms with Gasteiger partial charge in [-0.15, -0.1) is 0 Å². The number of nitrogens with two attached hydrogens (primary N) is 1. The molecule has 0 radical (unpaired) electrons. The fraction of sp³-hybridized carbons (Fsp3) is 0.769. The minimum atomic E-state index is -2.85. The summed E-state index contributed by atoms with van der Waals surface area (Å²) in [4.78, 5) is 0. The van der Waals surface area contributed by atoms with Crippen LogP contribution in [-0.4, -0.2) is 35.7 Å². The first-order valence-corrected chi connectivity index (χ1v) is 8.73. The summed E-state index contributed by atoms with van der Waals surface area (Å²) in [7, 11) is -2.85. The maximum atomic E-state index is 11.5. The van der Waals surface area contributed by atoms with Gasteiger partial charge in [-0.3, -0.25) is 4.68 Å². The molecular weight excluding hydrogens is 262 g/mol. The first-order valence-electron chi connectivity index (χ1n) is 6.91. The average molecular weight is 285 g/mol. The fourth-order valence-corrected chi connectivity index (χ4v) is 4.38. The van der Waals surface area contributed by atoms with Crippen molar-refractivity contribution < 1.29 is 8.42 Å². The molecule has 2 N–H and O–H groups in total. The Morgan fingerprint density at radius 3 is 2.89 bits per heavy atom. The molecule has 1 aliphatic rings. The molecule has 1 fully saturated rings. The van der Waals surface area contributed by atoms with Crippen molar-refractivity contribution in [1.29, 1.82) is 0 Å². The van der Waals surface area contributed by atoms with Gasteiger partial charge < -0.3 is 5.73 Å². The minimum Gasteiger partial charge on any atom is -0.327 e. The summed E-state index contributed by atoms with van der Waals surface area (Å²) < 4.78 is 24.9. The average Bonchev–Trinajstić information content (AvgIpc) is 2.94. The summed E-state index contributed by atoms with van der Waals surface area (Å²) in [5.41, 5.74) is 7.09. The molecule has 0 aliphatic carbocycles. The SMILES string of the molecule is CCC(C)n1ccc(CC(N)C2CCS(=O)(=O)C2)n1. The highest BCUT2D eigenvalue weighted by Crippen LogP contribution is 2.22. The highest BCUT2D eigenvalue weighted by atomic mass is 32.2. The molecule has 1 saturated heterocycles. The van der Waals surface area contributed by atoms with Crippen LogP contribution in [0.5, 0.6) is 0 Å². The molecule has 2 rings (SSSR count). The highest BCUT2D eigenvalue weighted by Gasteiger charge is 2.32. The smallest absolute Gasteiger partial charge is 0.150 e. The third-order valence-corrected chi connectivity index (χ3v) is 5.82. The normalized spacial score (nSPS) is 25.3. The van der Waals surface area contributed by atoms with Gasteiger partial charge in [0.2, 0.25) is 0 Å². The quantitative estimate of drug-likeness (QED) is 0.880. The van der Waals surface area contributed by atoms with E-state index in [9.17, 15) is 8.42 Å². The molecule has 3 atom stereocenters. The van der Waals surface area contributed by atoms with E-state index in [1.54, 1.807) is 0 Å². The highest BCUT2D eigenvalue weighted by molar-refractivity contribution is 7.91. The van der Waals surface area contributed by atoms with Crippen molar-refractivity contribution >= 4 is 9.84 Å². The van der Waals surface area contributed by atoms with Gasteiger partial charge in [-0.05, 0) is 31.7 Å². The maximum Gasteiger partial charge on any atom is 0.150 e. The fourth-order valence-electron chi connectivity index (χ4n) is 2.49. The Bertz CT molecular complexity index is 524. The van der Waals surface area contributed by atoms with E-state index >= 15 is 0 Å². The van der Waals surface area contributed by atoms with Gasteiger partial charge in [0.25, 0.3) is 0 Å². The maximum absolute atomic E-state index is 11.5. The van der Waals surface area contributed by atoms with E-state index in [0.717, 1.165) is 12.1 Å². The second-order valence-electron chi connectivity index (χ2n) is 5.58. The molecule has 19 heavy (non-hydrogen) atoms. The van der Waals surface area contributed by atoms with Gasteiger partial charge in [0.05, 0.1) is 17.2 Å². The van der Waals surface area contributed by atoms with Crippen molar-refractivity contribution in [3.8, 4) is 0 Å². The summed E-state index contributed by atoms with van der Waals surface area (Å²) in [5.74, 6) is 0.603. The topological polar surface area (TPSA) is 78.0 Å². The van der Waals surface area contributed by atoms with Crippen molar-refractivity contribution in [2.75, 3.05) is 11.5 Å². The van der Waals surface area contributed by atoms with E-state index in [1.807, 2.05) is 16.9 Å².